The molecule has 1 N–H and O–H groups in total. The van der Waals surface area contributed by atoms with E-state index in [1.165, 1.54) is 0 Å². The van der Waals surface area contributed by atoms with Crippen LogP contribution in [0.3, 0.4) is 0 Å². The molecule has 3 rings (SSSR count). The number of anilines is 1. The van der Waals surface area contributed by atoms with E-state index in [1.54, 1.807) is 23.0 Å². The molecule has 1 aliphatic heterocycles. The minimum absolute atomic E-state index is 0.0948. The van der Waals surface area contributed by atoms with Crippen LogP contribution in [-0.4, -0.2) is 24.0 Å². The van der Waals surface area contributed by atoms with Crippen molar-refractivity contribution in [1.29, 1.82) is 0 Å². The largest absolute Gasteiger partial charge is 0.362 e. The SMILES string of the molecule is Cn1nccc1NC1CS(=O)(=O)c2ccccc21. The number of hydrogen-bond acceptors (Lipinski definition) is 4. The second-order valence-electron chi connectivity index (χ2n) is 4.36. The van der Waals surface area contributed by atoms with E-state index in [4.69, 9.17) is 0 Å². The average Bonchev–Trinajstić information content (AvgIpc) is 2.84. The number of fused-ring (bicyclic) bond motifs is 1. The van der Waals surface area contributed by atoms with Gasteiger partial charge in [-0.2, -0.15) is 5.10 Å². The lowest BCUT2D eigenvalue weighted by molar-refractivity contribution is 0.598. The molecule has 0 radical (unpaired) electrons. The van der Waals surface area contributed by atoms with E-state index in [-0.39, 0.29) is 11.8 Å². The Labute approximate surface area is 105 Å². The number of hydrogen-bond donors (Lipinski definition) is 1. The van der Waals surface area contributed by atoms with E-state index in [2.05, 4.69) is 10.4 Å². The van der Waals surface area contributed by atoms with Crippen molar-refractivity contribution in [3.05, 3.63) is 42.1 Å². The van der Waals surface area contributed by atoms with Gasteiger partial charge in [0.05, 0.1) is 22.9 Å². The minimum Gasteiger partial charge on any atom is -0.362 e. The van der Waals surface area contributed by atoms with Gasteiger partial charge in [-0.25, -0.2) is 8.42 Å². The van der Waals surface area contributed by atoms with Crippen molar-refractivity contribution >= 4 is 15.7 Å². The molecular formula is C12H13N3O2S. The number of aromatic nitrogens is 2. The first-order valence-corrected chi connectivity index (χ1v) is 7.29. The summed E-state index contributed by atoms with van der Waals surface area (Å²) < 4.78 is 25.7. The Balaban J connectivity index is 2.00. The van der Waals surface area contributed by atoms with Crippen LogP contribution in [0.4, 0.5) is 5.82 Å². The van der Waals surface area contributed by atoms with Gasteiger partial charge < -0.3 is 5.32 Å². The first-order chi connectivity index (χ1) is 8.58. The van der Waals surface area contributed by atoms with E-state index in [9.17, 15) is 8.42 Å². The summed E-state index contributed by atoms with van der Waals surface area (Å²) in [7, 11) is -1.35. The highest BCUT2D eigenvalue weighted by Crippen LogP contribution is 2.34. The summed E-state index contributed by atoms with van der Waals surface area (Å²) in [6.07, 6.45) is 1.68. The quantitative estimate of drug-likeness (QED) is 0.888. The van der Waals surface area contributed by atoms with Gasteiger partial charge in [0, 0.05) is 13.1 Å². The maximum Gasteiger partial charge on any atom is 0.181 e. The van der Waals surface area contributed by atoms with E-state index in [0.717, 1.165) is 11.4 Å². The number of nitrogens with zero attached hydrogens (tertiary/aromatic N) is 2. The molecule has 0 saturated heterocycles. The lowest BCUT2D eigenvalue weighted by Gasteiger charge is -2.13. The smallest absolute Gasteiger partial charge is 0.181 e. The molecular weight excluding hydrogens is 250 g/mol. The second-order valence-corrected chi connectivity index (χ2v) is 6.36. The molecule has 2 aromatic rings. The summed E-state index contributed by atoms with van der Waals surface area (Å²) in [4.78, 5) is 0.435. The predicted octanol–water partition coefficient (Wildman–Crippen LogP) is 1.36. The third kappa shape index (κ3) is 1.69. The van der Waals surface area contributed by atoms with Gasteiger partial charge in [-0.3, -0.25) is 4.68 Å². The summed E-state index contributed by atoms with van der Waals surface area (Å²) in [5, 5.41) is 7.28. The number of nitrogens with one attached hydrogen (secondary N) is 1. The molecule has 0 bridgehead atoms. The molecule has 6 heteroatoms. The van der Waals surface area contributed by atoms with Crippen molar-refractivity contribution in [2.75, 3.05) is 11.1 Å². The van der Waals surface area contributed by atoms with E-state index < -0.39 is 9.84 Å². The van der Waals surface area contributed by atoms with Crippen LogP contribution in [0.5, 0.6) is 0 Å². The third-order valence-electron chi connectivity index (χ3n) is 3.16. The number of sulfone groups is 1. The van der Waals surface area contributed by atoms with Gasteiger partial charge in [0.15, 0.2) is 9.84 Å². The summed E-state index contributed by atoms with van der Waals surface area (Å²) >= 11 is 0. The van der Waals surface area contributed by atoms with Gasteiger partial charge in [-0.05, 0) is 11.6 Å². The zero-order valence-electron chi connectivity index (χ0n) is 9.87. The van der Waals surface area contributed by atoms with Crippen LogP contribution in [0.15, 0.2) is 41.4 Å². The van der Waals surface area contributed by atoms with Crippen molar-refractivity contribution in [3.63, 3.8) is 0 Å². The Morgan fingerprint density at radius 3 is 2.83 bits per heavy atom. The van der Waals surface area contributed by atoms with Crippen molar-refractivity contribution in [1.82, 2.24) is 9.78 Å². The van der Waals surface area contributed by atoms with Crippen LogP contribution in [0.1, 0.15) is 11.6 Å². The van der Waals surface area contributed by atoms with Crippen LogP contribution in [0.25, 0.3) is 0 Å². The number of aryl methyl sites for hydroxylation is 1. The van der Waals surface area contributed by atoms with Crippen LogP contribution in [-0.2, 0) is 16.9 Å². The van der Waals surface area contributed by atoms with Crippen LogP contribution >= 0.6 is 0 Å². The zero-order chi connectivity index (χ0) is 12.8. The summed E-state index contributed by atoms with van der Waals surface area (Å²) in [5.74, 6) is 0.907. The molecule has 0 spiro atoms. The molecule has 1 aromatic heterocycles. The molecule has 1 unspecified atom stereocenters. The standard InChI is InChI=1S/C12H13N3O2S/c1-15-12(6-7-13-15)14-10-8-18(16,17)11-5-3-2-4-9(10)11/h2-7,10,14H,8H2,1H3. The molecule has 0 amide bonds. The normalized spacial score (nSPS) is 20.6. The van der Waals surface area contributed by atoms with Gasteiger partial charge >= 0.3 is 0 Å². The fourth-order valence-electron chi connectivity index (χ4n) is 2.26. The zero-order valence-corrected chi connectivity index (χ0v) is 10.7. The Bertz CT molecular complexity index is 691. The molecule has 18 heavy (non-hydrogen) atoms. The highest BCUT2D eigenvalue weighted by molar-refractivity contribution is 7.91. The van der Waals surface area contributed by atoms with Crippen molar-refractivity contribution in [3.8, 4) is 0 Å². The first-order valence-electron chi connectivity index (χ1n) is 5.64. The predicted molar refractivity (Wildman–Crippen MR) is 68.1 cm³/mol. The highest BCUT2D eigenvalue weighted by atomic mass is 32.2. The maximum atomic E-state index is 12.0. The Kier molecular flexibility index (Phi) is 2.41. The molecule has 2 heterocycles. The summed E-state index contributed by atoms with van der Waals surface area (Å²) in [6.45, 7) is 0. The van der Waals surface area contributed by atoms with Crippen LogP contribution in [0.2, 0.25) is 0 Å². The molecule has 0 fully saturated rings. The lowest BCUT2D eigenvalue weighted by atomic mass is 10.1. The third-order valence-corrected chi connectivity index (χ3v) is 4.97. The van der Waals surface area contributed by atoms with Crippen molar-refractivity contribution in [2.24, 2.45) is 7.05 Å². The maximum absolute atomic E-state index is 12.0. The summed E-state index contributed by atoms with van der Waals surface area (Å²) in [6, 6.07) is 8.75. The van der Waals surface area contributed by atoms with Crippen LogP contribution in [0, 0.1) is 0 Å². The monoisotopic (exact) mass is 263 g/mol. The number of rotatable bonds is 2. The number of benzene rings is 1. The van der Waals surface area contributed by atoms with Crippen molar-refractivity contribution < 1.29 is 8.42 Å². The molecule has 5 nitrogen and oxygen atoms in total. The Morgan fingerprint density at radius 1 is 1.33 bits per heavy atom. The molecule has 0 aliphatic carbocycles. The van der Waals surface area contributed by atoms with Crippen molar-refractivity contribution in [2.45, 2.75) is 10.9 Å². The molecule has 1 atom stereocenters. The van der Waals surface area contributed by atoms with Crippen LogP contribution < -0.4 is 5.32 Å². The minimum atomic E-state index is -3.16. The molecule has 0 saturated carbocycles. The van der Waals surface area contributed by atoms with Gasteiger partial charge in [0.1, 0.15) is 5.82 Å². The topological polar surface area (TPSA) is 64.0 Å². The lowest BCUT2D eigenvalue weighted by Crippen LogP contribution is -2.15. The second kappa shape index (κ2) is 3.84. The molecule has 94 valence electrons. The fraction of sp³-hybridized carbons (Fsp3) is 0.250. The Morgan fingerprint density at radius 2 is 2.11 bits per heavy atom. The summed E-state index contributed by atoms with van der Waals surface area (Å²) in [5.41, 5.74) is 0.832. The van der Waals surface area contributed by atoms with Gasteiger partial charge in [-0.15, -0.1) is 0 Å². The van der Waals surface area contributed by atoms with Gasteiger partial charge in [0.25, 0.3) is 0 Å². The molecule has 1 aromatic carbocycles. The fourth-order valence-corrected chi connectivity index (χ4v) is 4.00. The van der Waals surface area contributed by atoms with E-state index in [0.29, 0.717) is 4.90 Å². The van der Waals surface area contributed by atoms with E-state index in [1.807, 2.05) is 25.2 Å². The molecule has 1 aliphatic rings. The highest BCUT2D eigenvalue weighted by Gasteiger charge is 2.34. The van der Waals surface area contributed by atoms with Gasteiger partial charge in [0.2, 0.25) is 0 Å². The Hall–Kier alpha value is -1.82. The first kappa shape index (κ1) is 11.3. The average molecular weight is 263 g/mol. The van der Waals surface area contributed by atoms with E-state index >= 15 is 0 Å². The van der Waals surface area contributed by atoms with Gasteiger partial charge in [-0.1, -0.05) is 18.2 Å².